The van der Waals surface area contributed by atoms with E-state index in [1.54, 1.807) is 0 Å². The fraction of sp³-hybridized carbons (Fsp3) is 0.923. The smallest absolute Gasteiger partial charge is 0.394 e. The van der Waals surface area contributed by atoms with Crippen molar-refractivity contribution in [1.82, 2.24) is 5.32 Å². The molecule has 1 aliphatic heterocycles. The van der Waals surface area contributed by atoms with E-state index in [0.717, 1.165) is 38.5 Å². The minimum atomic E-state index is -5.11. The summed E-state index contributed by atoms with van der Waals surface area (Å²) in [5, 5.41) is 54.8. The Morgan fingerprint density at radius 3 is 1.70 bits per heavy atom. The molecule has 7 N–H and O–H groups in total. The second-order valence-corrected chi connectivity index (χ2v) is 15.8. The largest absolute Gasteiger partial charge is 0.397 e. The molecular formula is C39H75NO12S. The van der Waals surface area contributed by atoms with E-state index in [1.165, 1.54) is 102 Å². The Labute approximate surface area is 320 Å². The van der Waals surface area contributed by atoms with Crippen LogP contribution in [0.1, 0.15) is 168 Å². The summed E-state index contributed by atoms with van der Waals surface area (Å²) < 4.78 is 47.3. The SMILES string of the molecule is CCCCCCCCC/C=C/C(O)C(COC1OC(CO)C(O)C(OS(=O)(=O)O)C1O)NC(=O)C(O)CCCCCCCCCCCCCCCCC. The number of hydrogen-bond donors (Lipinski definition) is 7. The lowest BCUT2D eigenvalue weighted by molar-refractivity contribution is -0.298. The molecule has 0 aliphatic carbocycles. The molecule has 53 heavy (non-hydrogen) atoms. The minimum absolute atomic E-state index is 0.247. The van der Waals surface area contributed by atoms with Crippen molar-refractivity contribution in [3.8, 4) is 0 Å². The molecule has 1 aliphatic rings. The average Bonchev–Trinajstić information content (AvgIpc) is 3.12. The van der Waals surface area contributed by atoms with Gasteiger partial charge in [0, 0.05) is 0 Å². The van der Waals surface area contributed by atoms with Gasteiger partial charge in [0.15, 0.2) is 6.29 Å². The van der Waals surface area contributed by atoms with Crippen molar-refractivity contribution in [2.24, 2.45) is 0 Å². The zero-order valence-electron chi connectivity index (χ0n) is 32.7. The van der Waals surface area contributed by atoms with Crippen molar-refractivity contribution in [1.29, 1.82) is 0 Å². The highest BCUT2D eigenvalue weighted by molar-refractivity contribution is 7.80. The summed E-state index contributed by atoms with van der Waals surface area (Å²) >= 11 is 0. The molecule has 0 spiro atoms. The van der Waals surface area contributed by atoms with E-state index in [0.29, 0.717) is 12.8 Å². The third-order valence-electron chi connectivity index (χ3n) is 9.93. The maximum absolute atomic E-state index is 13.0. The van der Waals surface area contributed by atoms with Gasteiger partial charge in [-0.2, -0.15) is 8.42 Å². The highest BCUT2D eigenvalue weighted by atomic mass is 32.3. The van der Waals surface area contributed by atoms with Crippen LogP contribution in [-0.4, -0.2) is 107 Å². The maximum atomic E-state index is 13.0. The number of unbranched alkanes of at least 4 members (excludes halogenated alkanes) is 21. The number of carbonyl (C=O) groups is 1. The molecule has 13 nitrogen and oxygen atoms in total. The quantitative estimate of drug-likeness (QED) is 0.0235. The number of aliphatic hydroxyl groups is 5. The lowest BCUT2D eigenvalue weighted by atomic mass is 9.99. The number of ether oxygens (including phenoxy) is 2. The molecule has 0 aromatic carbocycles. The van der Waals surface area contributed by atoms with Crippen LogP contribution in [0.5, 0.6) is 0 Å². The molecule has 0 radical (unpaired) electrons. The van der Waals surface area contributed by atoms with Gasteiger partial charge in [0.1, 0.15) is 30.5 Å². The fourth-order valence-electron chi connectivity index (χ4n) is 6.58. The first-order valence-electron chi connectivity index (χ1n) is 20.7. The number of nitrogens with one attached hydrogen (secondary N) is 1. The minimum Gasteiger partial charge on any atom is -0.394 e. The molecule has 0 saturated carbocycles. The van der Waals surface area contributed by atoms with Crippen LogP contribution in [0, 0.1) is 0 Å². The van der Waals surface area contributed by atoms with Gasteiger partial charge in [-0.15, -0.1) is 0 Å². The summed E-state index contributed by atoms with van der Waals surface area (Å²) in [5.41, 5.74) is 0. The average molecular weight is 782 g/mol. The Balaban J connectivity index is 2.61. The predicted octanol–water partition coefficient (Wildman–Crippen LogP) is 5.80. The Bertz CT molecular complexity index is 1030. The van der Waals surface area contributed by atoms with Gasteiger partial charge in [-0.05, 0) is 19.3 Å². The zero-order chi connectivity index (χ0) is 39.3. The molecule has 1 fully saturated rings. The van der Waals surface area contributed by atoms with Crippen LogP contribution < -0.4 is 5.32 Å². The highest BCUT2D eigenvalue weighted by Gasteiger charge is 2.48. The van der Waals surface area contributed by atoms with Crippen molar-refractivity contribution < 1.29 is 57.0 Å². The topological polar surface area (TPSA) is 212 Å². The number of amides is 1. The second-order valence-electron chi connectivity index (χ2n) is 14.7. The van der Waals surface area contributed by atoms with Gasteiger partial charge in [0.25, 0.3) is 0 Å². The molecule has 1 heterocycles. The summed E-state index contributed by atoms with van der Waals surface area (Å²) in [6.07, 6.45) is 18.9. The van der Waals surface area contributed by atoms with Crippen molar-refractivity contribution in [2.45, 2.75) is 217 Å². The van der Waals surface area contributed by atoms with Gasteiger partial charge in [-0.3, -0.25) is 9.35 Å². The van der Waals surface area contributed by atoms with E-state index in [2.05, 4.69) is 23.3 Å². The van der Waals surface area contributed by atoms with Crippen molar-refractivity contribution in [3.05, 3.63) is 12.2 Å². The first-order valence-corrected chi connectivity index (χ1v) is 22.0. The maximum Gasteiger partial charge on any atom is 0.397 e. The lowest BCUT2D eigenvalue weighted by Crippen LogP contribution is -2.61. The molecule has 1 rings (SSSR count). The number of aliphatic hydroxyl groups excluding tert-OH is 5. The summed E-state index contributed by atoms with van der Waals surface area (Å²) in [4.78, 5) is 13.0. The van der Waals surface area contributed by atoms with Gasteiger partial charge in [0.2, 0.25) is 5.91 Å². The van der Waals surface area contributed by atoms with E-state index in [-0.39, 0.29) is 6.42 Å². The van der Waals surface area contributed by atoms with E-state index in [1.807, 2.05) is 6.08 Å². The molecule has 314 valence electrons. The summed E-state index contributed by atoms with van der Waals surface area (Å²) in [7, 11) is -5.11. The molecule has 1 amide bonds. The zero-order valence-corrected chi connectivity index (χ0v) is 33.5. The molecule has 1 saturated heterocycles. The van der Waals surface area contributed by atoms with Crippen molar-refractivity contribution >= 4 is 16.3 Å². The van der Waals surface area contributed by atoms with Crippen molar-refractivity contribution in [2.75, 3.05) is 13.2 Å². The van der Waals surface area contributed by atoms with E-state index in [9.17, 15) is 38.7 Å². The van der Waals surface area contributed by atoms with Gasteiger partial charge in [-0.25, -0.2) is 4.18 Å². The van der Waals surface area contributed by atoms with Crippen LogP contribution in [0.25, 0.3) is 0 Å². The van der Waals surface area contributed by atoms with Crippen LogP contribution in [0.3, 0.4) is 0 Å². The van der Waals surface area contributed by atoms with Crippen LogP contribution >= 0.6 is 0 Å². The molecule has 14 heteroatoms. The normalized spacial score (nSPS) is 22.6. The summed E-state index contributed by atoms with van der Waals surface area (Å²) in [6.45, 7) is 3.16. The van der Waals surface area contributed by atoms with Crippen LogP contribution in [0.15, 0.2) is 12.2 Å². The summed E-state index contributed by atoms with van der Waals surface area (Å²) in [6, 6.07) is -1.11. The van der Waals surface area contributed by atoms with Gasteiger partial charge in [-0.1, -0.05) is 161 Å². The Morgan fingerprint density at radius 2 is 1.23 bits per heavy atom. The Morgan fingerprint density at radius 1 is 0.755 bits per heavy atom. The molecule has 0 aromatic heterocycles. The van der Waals surface area contributed by atoms with Crippen LogP contribution in [0.2, 0.25) is 0 Å². The Hall–Kier alpha value is -1.20. The number of hydrogen-bond acceptors (Lipinski definition) is 11. The number of allylic oxidation sites excluding steroid dienone is 1. The van der Waals surface area contributed by atoms with Crippen LogP contribution in [-0.2, 0) is 28.9 Å². The first-order chi connectivity index (χ1) is 25.4. The first kappa shape index (κ1) is 49.8. The predicted molar refractivity (Wildman–Crippen MR) is 205 cm³/mol. The number of carbonyl (C=O) groups excluding carboxylic acids is 1. The second kappa shape index (κ2) is 31.0. The van der Waals surface area contributed by atoms with Crippen LogP contribution in [0.4, 0.5) is 0 Å². The molecule has 0 aromatic rings. The standard InChI is InChI=1S/C39H75NO12S/c1-3-5-7-9-11-13-14-15-16-17-18-20-22-24-26-28-33(43)38(46)40-31(32(42)27-25-23-21-19-12-10-8-6-4-2)30-50-39-36(45)37(52-53(47,48)49)35(44)34(29-41)51-39/h25,27,31-37,39,41-45H,3-24,26,28-30H2,1-2H3,(H,40,46)(H,47,48,49)/b27-25+. The monoisotopic (exact) mass is 782 g/mol. The molecule has 8 unspecified atom stereocenters. The molecule has 8 atom stereocenters. The summed E-state index contributed by atoms with van der Waals surface area (Å²) in [5.74, 6) is -0.704. The van der Waals surface area contributed by atoms with E-state index in [4.69, 9.17) is 14.0 Å². The van der Waals surface area contributed by atoms with Gasteiger partial charge >= 0.3 is 10.4 Å². The third kappa shape index (κ3) is 24.1. The van der Waals surface area contributed by atoms with Crippen molar-refractivity contribution in [3.63, 3.8) is 0 Å². The van der Waals surface area contributed by atoms with Gasteiger partial charge in [0.05, 0.1) is 25.4 Å². The highest BCUT2D eigenvalue weighted by Crippen LogP contribution is 2.26. The Kier molecular flexibility index (Phi) is 29.1. The third-order valence-corrected chi connectivity index (χ3v) is 10.4. The van der Waals surface area contributed by atoms with E-state index < -0.39 is 78.5 Å². The van der Waals surface area contributed by atoms with Gasteiger partial charge < -0.3 is 40.3 Å². The molecule has 0 bridgehead atoms. The van der Waals surface area contributed by atoms with E-state index >= 15 is 0 Å². The molecular weight excluding hydrogens is 706 g/mol. The fourth-order valence-corrected chi connectivity index (χ4v) is 7.09. The number of rotatable bonds is 34. The lowest BCUT2D eigenvalue weighted by Gasteiger charge is -2.41.